The third kappa shape index (κ3) is 53.3. The van der Waals surface area contributed by atoms with Crippen molar-refractivity contribution in [3.05, 3.63) is 97.2 Å². The first-order valence-electron chi connectivity index (χ1n) is 28.2. The van der Waals surface area contributed by atoms with Crippen molar-refractivity contribution in [1.29, 1.82) is 0 Å². The lowest BCUT2D eigenvalue weighted by atomic mass is 10.0. The zero-order valence-corrected chi connectivity index (χ0v) is 44.3. The van der Waals surface area contributed by atoms with Crippen LogP contribution in [0.4, 0.5) is 0 Å². The van der Waals surface area contributed by atoms with Gasteiger partial charge in [0.2, 0.25) is 0 Å². The second-order valence-corrected chi connectivity index (χ2v) is 18.4. The summed E-state index contributed by atoms with van der Waals surface area (Å²) < 4.78 is 16.8. The van der Waals surface area contributed by atoms with Crippen molar-refractivity contribution in [3.8, 4) is 0 Å². The molecule has 6 heteroatoms. The molecule has 0 spiro atoms. The van der Waals surface area contributed by atoms with E-state index in [0.29, 0.717) is 19.3 Å². The van der Waals surface area contributed by atoms with Crippen LogP contribution in [-0.4, -0.2) is 37.2 Å². The van der Waals surface area contributed by atoms with Gasteiger partial charge in [0, 0.05) is 19.3 Å². The van der Waals surface area contributed by atoms with Crippen molar-refractivity contribution in [2.24, 2.45) is 0 Å². The van der Waals surface area contributed by atoms with E-state index in [9.17, 15) is 14.4 Å². The smallest absolute Gasteiger partial charge is 0.306 e. The SMILES string of the molecule is CC/C=C\C/C=C\C/C=C\C/C=C\C/C=C\CCCCCCCC(=O)OCC(COC(=O)CCCCCCCCCCCCCCCC)OC(=O)CCCCCCC/C=C\C/C=C\C/C=C\CC. The molecule has 0 bridgehead atoms. The molecule has 0 aliphatic rings. The van der Waals surface area contributed by atoms with Crippen LogP contribution in [0.5, 0.6) is 0 Å². The van der Waals surface area contributed by atoms with E-state index in [1.54, 1.807) is 0 Å². The van der Waals surface area contributed by atoms with Gasteiger partial charge in [-0.2, -0.15) is 0 Å². The van der Waals surface area contributed by atoms with Crippen LogP contribution in [-0.2, 0) is 28.6 Å². The highest BCUT2D eigenvalue weighted by Crippen LogP contribution is 2.15. The van der Waals surface area contributed by atoms with E-state index in [1.807, 2.05) is 0 Å². The molecule has 0 fully saturated rings. The minimum Gasteiger partial charge on any atom is -0.462 e. The van der Waals surface area contributed by atoms with E-state index >= 15 is 0 Å². The van der Waals surface area contributed by atoms with Crippen LogP contribution >= 0.6 is 0 Å². The van der Waals surface area contributed by atoms with Crippen molar-refractivity contribution >= 4 is 17.9 Å². The Bertz CT molecular complexity index is 1360. The predicted molar refractivity (Wildman–Crippen MR) is 293 cm³/mol. The van der Waals surface area contributed by atoms with Crippen molar-refractivity contribution in [1.82, 2.24) is 0 Å². The van der Waals surface area contributed by atoms with Gasteiger partial charge in [-0.25, -0.2) is 0 Å². The fraction of sp³-hybridized carbons (Fsp3) is 0.694. The second-order valence-electron chi connectivity index (χ2n) is 18.4. The van der Waals surface area contributed by atoms with Gasteiger partial charge in [-0.3, -0.25) is 14.4 Å². The summed E-state index contributed by atoms with van der Waals surface area (Å²) in [6.07, 6.45) is 73.9. The molecule has 0 aromatic heterocycles. The Morgan fingerprint density at radius 1 is 0.309 bits per heavy atom. The summed E-state index contributed by atoms with van der Waals surface area (Å²) in [7, 11) is 0. The maximum Gasteiger partial charge on any atom is 0.306 e. The van der Waals surface area contributed by atoms with E-state index in [4.69, 9.17) is 14.2 Å². The number of allylic oxidation sites excluding steroid dienone is 16. The predicted octanol–water partition coefficient (Wildman–Crippen LogP) is 18.9. The van der Waals surface area contributed by atoms with Gasteiger partial charge >= 0.3 is 17.9 Å². The Labute approximate surface area is 419 Å². The number of carbonyl (C=O) groups is 3. The molecule has 1 atom stereocenters. The molecular formula is C62H104O6. The standard InChI is InChI=1S/C62H104O6/c1-4-7-10-13-16-19-22-25-28-29-30-31-32-33-35-37-40-43-46-49-52-55-61(64)67-58-59(57-66-60(63)54-51-48-45-42-39-36-27-24-21-18-15-12-9-6-3)68-62(65)56-53-50-47-44-41-38-34-26-23-20-17-14-11-8-5-2/h7-8,10-11,16-17,19-20,25-26,28,30-31,33-35,59H,4-6,9,12-15,18,21-24,27,29,32,36-58H2,1-3H3/b10-7-,11-8-,19-16-,20-17-,28-25-,31-30-,34-26-,35-33-. The average Bonchev–Trinajstić information content (AvgIpc) is 3.34. The van der Waals surface area contributed by atoms with Crippen LogP contribution in [0.3, 0.4) is 0 Å². The first-order valence-corrected chi connectivity index (χ1v) is 28.2. The van der Waals surface area contributed by atoms with Gasteiger partial charge < -0.3 is 14.2 Å². The number of unbranched alkanes of at least 4 members (excludes halogenated alkanes) is 23. The molecule has 0 saturated carbocycles. The molecule has 0 aliphatic heterocycles. The summed E-state index contributed by atoms with van der Waals surface area (Å²) in [5.41, 5.74) is 0. The average molecular weight is 946 g/mol. The lowest BCUT2D eigenvalue weighted by Crippen LogP contribution is -2.30. The topological polar surface area (TPSA) is 78.9 Å². The minimum atomic E-state index is -0.794. The molecular weight excluding hydrogens is 841 g/mol. The molecule has 0 aromatic rings. The van der Waals surface area contributed by atoms with Crippen LogP contribution in [0.1, 0.15) is 258 Å². The van der Waals surface area contributed by atoms with Crippen LogP contribution in [0.25, 0.3) is 0 Å². The number of carbonyl (C=O) groups excluding carboxylic acids is 3. The summed E-state index contributed by atoms with van der Waals surface area (Å²) in [4.78, 5) is 38.1. The van der Waals surface area contributed by atoms with Crippen LogP contribution in [0.2, 0.25) is 0 Å². The summed E-state index contributed by atoms with van der Waals surface area (Å²) in [5, 5.41) is 0. The third-order valence-corrected chi connectivity index (χ3v) is 11.8. The summed E-state index contributed by atoms with van der Waals surface area (Å²) in [5.74, 6) is -0.923. The highest BCUT2D eigenvalue weighted by Gasteiger charge is 2.19. The lowest BCUT2D eigenvalue weighted by Gasteiger charge is -2.18. The fourth-order valence-corrected chi connectivity index (χ4v) is 7.66. The van der Waals surface area contributed by atoms with Crippen molar-refractivity contribution in [2.75, 3.05) is 13.2 Å². The fourth-order valence-electron chi connectivity index (χ4n) is 7.66. The Morgan fingerprint density at radius 2 is 0.574 bits per heavy atom. The zero-order valence-electron chi connectivity index (χ0n) is 44.3. The molecule has 388 valence electrons. The van der Waals surface area contributed by atoms with E-state index < -0.39 is 6.10 Å². The van der Waals surface area contributed by atoms with Gasteiger partial charge in [0.15, 0.2) is 6.10 Å². The minimum absolute atomic E-state index is 0.0897. The number of esters is 3. The monoisotopic (exact) mass is 945 g/mol. The molecule has 0 saturated heterocycles. The zero-order chi connectivity index (χ0) is 49.3. The maximum absolute atomic E-state index is 12.8. The summed E-state index contributed by atoms with van der Waals surface area (Å²) >= 11 is 0. The van der Waals surface area contributed by atoms with E-state index in [0.717, 1.165) is 148 Å². The van der Waals surface area contributed by atoms with Crippen LogP contribution < -0.4 is 0 Å². The third-order valence-electron chi connectivity index (χ3n) is 11.8. The van der Waals surface area contributed by atoms with Gasteiger partial charge in [-0.15, -0.1) is 0 Å². The molecule has 0 rings (SSSR count). The molecule has 6 nitrogen and oxygen atoms in total. The molecule has 0 heterocycles. The molecule has 0 aliphatic carbocycles. The van der Waals surface area contributed by atoms with Crippen LogP contribution in [0.15, 0.2) is 97.2 Å². The Kier molecular flexibility index (Phi) is 52.9. The normalized spacial score (nSPS) is 12.8. The first-order chi connectivity index (χ1) is 33.5. The summed E-state index contributed by atoms with van der Waals surface area (Å²) in [6.45, 7) is 6.39. The first kappa shape index (κ1) is 64.3. The van der Waals surface area contributed by atoms with Gasteiger partial charge in [0.05, 0.1) is 0 Å². The lowest BCUT2D eigenvalue weighted by molar-refractivity contribution is -0.167. The number of hydrogen-bond donors (Lipinski definition) is 0. The van der Waals surface area contributed by atoms with Crippen molar-refractivity contribution in [3.63, 3.8) is 0 Å². The molecule has 1 unspecified atom stereocenters. The number of ether oxygens (including phenoxy) is 3. The maximum atomic E-state index is 12.8. The van der Waals surface area contributed by atoms with Crippen molar-refractivity contribution in [2.45, 2.75) is 264 Å². The highest BCUT2D eigenvalue weighted by molar-refractivity contribution is 5.71. The Morgan fingerprint density at radius 3 is 0.897 bits per heavy atom. The van der Waals surface area contributed by atoms with Gasteiger partial charge in [0.1, 0.15) is 13.2 Å². The highest BCUT2D eigenvalue weighted by atomic mass is 16.6. The molecule has 68 heavy (non-hydrogen) atoms. The Hall–Kier alpha value is -3.67. The van der Waals surface area contributed by atoms with E-state index in [-0.39, 0.29) is 31.1 Å². The number of rotatable bonds is 50. The van der Waals surface area contributed by atoms with Crippen LogP contribution in [0, 0.1) is 0 Å². The van der Waals surface area contributed by atoms with E-state index in [2.05, 4.69) is 118 Å². The van der Waals surface area contributed by atoms with E-state index in [1.165, 1.54) is 70.6 Å². The van der Waals surface area contributed by atoms with Gasteiger partial charge in [-0.05, 0) is 96.3 Å². The largest absolute Gasteiger partial charge is 0.462 e. The second kappa shape index (κ2) is 55.9. The quantitative estimate of drug-likeness (QED) is 0.0262. The van der Waals surface area contributed by atoms with Crippen molar-refractivity contribution < 1.29 is 28.6 Å². The van der Waals surface area contributed by atoms with Gasteiger partial charge in [-0.1, -0.05) is 240 Å². The molecule has 0 N–H and O–H groups in total. The summed E-state index contributed by atoms with van der Waals surface area (Å²) in [6, 6.07) is 0. The molecule has 0 radical (unpaired) electrons. The molecule has 0 aromatic carbocycles. The van der Waals surface area contributed by atoms with Gasteiger partial charge in [0.25, 0.3) is 0 Å². The Balaban J connectivity index is 4.43. The number of hydrogen-bond acceptors (Lipinski definition) is 6. The molecule has 0 amide bonds.